The van der Waals surface area contributed by atoms with Gasteiger partial charge in [-0.2, -0.15) is 0 Å². The van der Waals surface area contributed by atoms with Crippen molar-refractivity contribution in [1.29, 1.82) is 0 Å². The third-order valence-electron chi connectivity index (χ3n) is 2.38. The Hall–Kier alpha value is -0.940. The van der Waals surface area contributed by atoms with Crippen molar-refractivity contribution in [2.75, 3.05) is 6.54 Å². The molecule has 1 heterocycles. The van der Waals surface area contributed by atoms with E-state index in [0.717, 1.165) is 12.1 Å². The van der Waals surface area contributed by atoms with E-state index in [1.807, 2.05) is 26.2 Å². The van der Waals surface area contributed by atoms with Crippen LogP contribution in [0.2, 0.25) is 0 Å². The smallest absolute Gasteiger partial charge is 0.237 e. The summed E-state index contributed by atoms with van der Waals surface area (Å²) < 4.78 is 0. The summed E-state index contributed by atoms with van der Waals surface area (Å²) in [6.07, 6.45) is 0.756. The summed E-state index contributed by atoms with van der Waals surface area (Å²) in [5, 5.41) is 4.81. The Kier molecular flexibility index (Phi) is 4.44. The standard InChI is InChI=1S/C11H19N3OS/c1-11(2,3)9(12)10(15)13-5-4-8-6-16-7-14-8/h6-7,9H,4-5,12H2,1-3H3,(H,13,15)/t9-/m0/s1. The van der Waals surface area contributed by atoms with Crippen LogP contribution in [0.4, 0.5) is 0 Å². The molecule has 16 heavy (non-hydrogen) atoms. The van der Waals surface area contributed by atoms with Crippen LogP contribution in [-0.4, -0.2) is 23.5 Å². The van der Waals surface area contributed by atoms with Gasteiger partial charge in [-0.1, -0.05) is 20.8 Å². The van der Waals surface area contributed by atoms with Crippen molar-refractivity contribution < 1.29 is 4.79 Å². The zero-order valence-electron chi connectivity index (χ0n) is 9.99. The van der Waals surface area contributed by atoms with E-state index < -0.39 is 6.04 Å². The minimum atomic E-state index is -0.470. The Morgan fingerprint density at radius 3 is 2.81 bits per heavy atom. The Labute approximate surface area is 100 Å². The third-order valence-corrected chi connectivity index (χ3v) is 3.01. The highest BCUT2D eigenvalue weighted by atomic mass is 32.1. The Morgan fingerprint density at radius 1 is 1.62 bits per heavy atom. The molecule has 1 rings (SSSR count). The fourth-order valence-corrected chi connectivity index (χ4v) is 1.77. The quantitative estimate of drug-likeness (QED) is 0.831. The predicted molar refractivity (Wildman–Crippen MR) is 66.3 cm³/mol. The number of hydrogen-bond donors (Lipinski definition) is 2. The lowest BCUT2D eigenvalue weighted by atomic mass is 9.87. The van der Waals surface area contributed by atoms with E-state index in [9.17, 15) is 4.79 Å². The molecule has 1 atom stereocenters. The Bertz CT molecular complexity index is 329. The number of hydrogen-bond acceptors (Lipinski definition) is 4. The first-order valence-electron chi connectivity index (χ1n) is 5.31. The third kappa shape index (κ3) is 3.90. The number of amides is 1. The summed E-state index contributed by atoms with van der Waals surface area (Å²) in [5.41, 5.74) is 8.42. The Balaban J connectivity index is 2.30. The summed E-state index contributed by atoms with van der Waals surface area (Å²) in [4.78, 5) is 15.8. The van der Waals surface area contributed by atoms with Crippen molar-refractivity contribution in [1.82, 2.24) is 10.3 Å². The van der Waals surface area contributed by atoms with Gasteiger partial charge in [0.15, 0.2) is 0 Å². The number of carbonyl (C=O) groups is 1. The molecule has 1 aromatic rings. The van der Waals surface area contributed by atoms with Crippen LogP contribution in [0.15, 0.2) is 10.9 Å². The molecular formula is C11H19N3OS. The lowest BCUT2D eigenvalue weighted by Gasteiger charge is -2.25. The molecule has 0 aliphatic rings. The van der Waals surface area contributed by atoms with Crippen LogP contribution in [0, 0.1) is 5.41 Å². The molecule has 90 valence electrons. The van der Waals surface area contributed by atoms with Gasteiger partial charge >= 0.3 is 0 Å². The maximum atomic E-state index is 11.7. The van der Waals surface area contributed by atoms with Gasteiger partial charge in [-0.05, 0) is 5.41 Å². The molecule has 0 radical (unpaired) electrons. The van der Waals surface area contributed by atoms with Gasteiger partial charge in [0, 0.05) is 18.3 Å². The number of nitrogens with one attached hydrogen (secondary N) is 1. The van der Waals surface area contributed by atoms with Crippen molar-refractivity contribution in [3.8, 4) is 0 Å². The monoisotopic (exact) mass is 241 g/mol. The van der Waals surface area contributed by atoms with E-state index in [1.165, 1.54) is 0 Å². The Morgan fingerprint density at radius 2 is 2.31 bits per heavy atom. The maximum Gasteiger partial charge on any atom is 0.237 e. The number of thiazole rings is 1. The van der Waals surface area contributed by atoms with Crippen molar-refractivity contribution in [3.05, 3.63) is 16.6 Å². The van der Waals surface area contributed by atoms with Gasteiger partial charge in [0.1, 0.15) is 0 Å². The van der Waals surface area contributed by atoms with Crippen molar-refractivity contribution in [2.24, 2.45) is 11.1 Å². The average Bonchev–Trinajstić information content (AvgIpc) is 2.67. The van der Waals surface area contributed by atoms with Crippen molar-refractivity contribution in [2.45, 2.75) is 33.2 Å². The SMILES string of the molecule is CC(C)(C)[C@@H](N)C(=O)NCCc1cscn1. The number of carbonyl (C=O) groups excluding carboxylic acids is 1. The minimum absolute atomic E-state index is 0.0947. The van der Waals surface area contributed by atoms with Gasteiger partial charge in [-0.15, -0.1) is 11.3 Å². The van der Waals surface area contributed by atoms with Crippen LogP contribution in [0.5, 0.6) is 0 Å². The number of nitrogens with two attached hydrogens (primary N) is 1. The predicted octanol–water partition coefficient (Wildman–Crippen LogP) is 1.18. The highest BCUT2D eigenvalue weighted by molar-refractivity contribution is 7.07. The number of aromatic nitrogens is 1. The highest BCUT2D eigenvalue weighted by Crippen LogP contribution is 2.17. The normalized spacial score (nSPS) is 13.5. The maximum absolute atomic E-state index is 11.7. The molecule has 1 aromatic heterocycles. The molecule has 4 nitrogen and oxygen atoms in total. The molecule has 0 aliphatic carbocycles. The molecule has 0 saturated heterocycles. The first-order valence-corrected chi connectivity index (χ1v) is 6.26. The van der Waals surface area contributed by atoms with Gasteiger partial charge in [0.25, 0.3) is 0 Å². The van der Waals surface area contributed by atoms with Crippen LogP contribution in [-0.2, 0) is 11.2 Å². The van der Waals surface area contributed by atoms with Crippen molar-refractivity contribution >= 4 is 17.2 Å². The van der Waals surface area contributed by atoms with E-state index >= 15 is 0 Å². The first kappa shape index (κ1) is 13.1. The minimum Gasteiger partial charge on any atom is -0.354 e. The summed E-state index contributed by atoms with van der Waals surface area (Å²) >= 11 is 1.56. The summed E-state index contributed by atoms with van der Waals surface area (Å²) in [6.45, 7) is 6.46. The first-order chi connectivity index (χ1) is 7.41. The average molecular weight is 241 g/mol. The van der Waals surface area contributed by atoms with Gasteiger partial charge in [-0.25, -0.2) is 4.98 Å². The molecule has 3 N–H and O–H groups in total. The zero-order chi connectivity index (χ0) is 12.2. The molecule has 0 fully saturated rings. The largest absolute Gasteiger partial charge is 0.354 e. The summed E-state index contributed by atoms with van der Waals surface area (Å²) in [6, 6.07) is -0.470. The van der Waals surface area contributed by atoms with E-state index in [2.05, 4.69) is 10.3 Å². The fraction of sp³-hybridized carbons (Fsp3) is 0.636. The molecule has 0 bridgehead atoms. The summed E-state index contributed by atoms with van der Waals surface area (Å²) in [7, 11) is 0. The lowest BCUT2D eigenvalue weighted by molar-refractivity contribution is -0.124. The van der Waals surface area contributed by atoms with E-state index in [4.69, 9.17) is 5.73 Å². The van der Waals surface area contributed by atoms with Crippen LogP contribution in [0.1, 0.15) is 26.5 Å². The molecular weight excluding hydrogens is 222 g/mol. The van der Waals surface area contributed by atoms with Gasteiger partial charge in [-0.3, -0.25) is 4.79 Å². The topological polar surface area (TPSA) is 68.0 Å². The van der Waals surface area contributed by atoms with Crippen LogP contribution < -0.4 is 11.1 Å². The van der Waals surface area contributed by atoms with Crippen LogP contribution in [0.3, 0.4) is 0 Å². The zero-order valence-corrected chi connectivity index (χ0v) is 10.8. The van der Waals surface area contributed by atoms with Crippen LogP contribution in [0.25, 0.3) is 0 Å². The van der Waals surface area contributed by atoms with Gasteiger partial charge < -0.3 is 11.1 Å². The van der Waals surface area contributed by atoms with Crippen molar-refractivity contribution in [3.63, 3.8) is 0 Å². The number of rotatable bonds is 4. The second-order valence-electron chi connectivity index (χ2n) is 4.86. The molecule has 0 unspecified atom stereocenters. The number of nitrogens with zero attached hydrogens (tertiary/aromatic N) is 1. The van der Waals surface area contributed by atoms with E-state index in [-0.39, 0.29) is 11.3 Å². The van der Waals surface area contributed by atoms with E-state index in [1.54, 1.807) is 16.8 Å². The molecule has 0 aliphatic heterocycles. The van der Waals surface area contributed by atoms with Crippen LogP contribution >= 0.6 is 11.3 Å². The summed E-state index contributed by atoms with van der Waals surface area (Å²) in [5.74, 6) is -0.0947. The molecule has 0 saturated carbocycles. The highest BCUT2D eigenvalue weighted by Gasteiger charge is 2.26. The van der Waals surface area contributed by atoms with Gasteiger partial charge in [0.2, 0.25) is 5.91 Å². The lowest BCUT2D eigenvalue weighted by Crippen LogP contribution is -2.49. The molecule has 5 heteroatoms. The molecule has 0 spiro atoms. The second-order valence-corrected chi connectivity index (χ2v) is 5.58. The molecule has 1 amide bonds. The van der Waals surface area contributed by atoms with E-state index in [0.29, 0.717) is 6.54 Å². The fourth-order valence-electron chi connectivity index (χ4n) is 1.18. The molecule has 0 aromatic carbocycles. The van der Waals surface area contributed by atoms with Gasteiger partial charge in [0.05, 0.1) is 17.2 Å². The second kappa shape index (κ2) is 5.41.